The van der Waals surface area contributed by atoms with Gasteiger partial charge in [0.15, 0.2) is 6.10 Å². The van der Waals surface area contributed by atoms with Crippen molar-refractivity contribution in [2.45, 2.75) is 38.7 Å². The van der Waals surface area contributed by atoms with Crippen LogP contribution in [-0.4, -0.2) is 29.6 Å². The van der Waals surface area contributed by atoms with Gasteiger partial charge in [-0.1, -0.05) is 0 Å². The van der Waals surface area contributed by atoms with Crippen LogP contribution in [0.5, 0.6) is 0 Å². The predicted octanol–water partition coefficient (Wildman–Crippen LogP) is 1.72. The molecule has 0 radical (unpaired) electrons. The van der Waals surface area contributed by atoms with Gasteiger partial charge in [0, 0.05) is 6.61 Å². The van der Waals surface area contributed by atoms with Gasteiger partial charge in [-0.25, -0.2) is 0 Å². The van der Waals surface area contributed by atoms with Crippen molar-refractivity contribution in [2.24, 2.45) is 0 Å². The van der Waals surface area contributed by atoms with Gasteiger partial charge >= 0.3 is 6.18 Å². The van der Waals surface area contributed by atoms with Crippen LogP contribution in [0.15, 0.2) is 0 Å². The topological polar surface area (TPSA) is 29.5 Å². The van der Waals surface area contributed by atoms with Gasteiger partial charge in [0.25, 0.3) is 0 Å². The van der Waals surface area contributed by atoms with Crippen LogP contribution >= 0.6 is 0 Å². The largest absolute Gasteiger partial charge is 0.417 e. The summed E-state index contributed by atoms with van der Waals surface area (Å²) in [7, 11) is 0. The molecule has 0 aliphatic heterocycles. The Balaban J connectivity index is 4.45. The molecule has 1 unspecified atom stereocenters. The van der Waals surface area contributed by atoms with Gasteiger partial charge in [-0.2, -0.15) is 13.2 Å². The van der Waals surface area contributed by atoms with Gasteiger partial charge < -0.3 is 9.84 Å². The summed E-state index contributed by atoms with van der Waals surface area (Å²) in [5, 5.41) is 9.10. The van der Waals surface area contributed by atoms with Crippen LogP contribution in [0.4, 0.5) is 13.2 Å². The zero-order chi connectivity index (χ0) is 9.99. The molecule has 0 aromatic carbocycles. The van der Waals surface area contributed by atoms with E-state index in [1.54, 1.807) is 0 Å². The second-order valence-electron chi connectivity index (χ2n) is 3.03. The normalized spacial score (nSPS) is 16.2. The minimum Gasteiger partial charge on any atom is -0.387 e. The van der Waals surface area contributed by atoms with E-state index in [1.165, 1.54) is 6.92 Å². The monoisotopic (exact) mass is 186 g/mol. The Kier molecular flexibility index (Phi) is 3.53. The smallest absolute Gasteiger partial charge is 0.387 e. The van der Waals surface area contributed by atoms with Gasteiger partial charge in [0.2, 0.25) is 0 Å². The summed E-state index contributed by atoms with van der Waals surface area (Å²) in [6.07, 6.45) is -6.64. The van der Waals surface area contributed by atoms with Crippen molar-refractivity contribution in [3.05, 3.63) is 0 Å². The van der Waals surface area contributed by atoms with Crippen molar-refractivity contribution >= 4 is 0 Å². The molecule has 0 saturated carbocycles. The average molecular weight is 186 g/mol. The summed E-state index contributed by atoms with van der Waals surface area (Å²) in [5.41, 5.74) is -1.89. The first-order valence-corrected chi connectivity index (χ1v) is 3.60. The third-order valence-electron chi connectivity index (χ3n) is 1.27. The minimum atomic E-state index is -4.52. The van der Waals surface area contributed by atoms with Crippen molar-refractivity contribution in [2.75, 3.05) is 6.61 Å². The van der Waals surface area contributed by atoms with Crippen LogP contribution < -0.4 is 0 Å². The number of rotatable bonds is 3. The van der Waals surface area contributed by atoms with Gasteiger partial charge in [-0.05, 0) is 20.8 Å². The lowest BCUT2D eigenvalue weighted by Gasteiger charge is -2.30. The van der Waals surface area contributed by atoms with Crippen molar-refractivity contribution in [3.63, 3.8) is 0 Å². The average Bonchev–Trinajstić information content (AvgIpc) is 1.77. The van der Waals surface area contributed by atoms with Crippen LogP contribution in [0.3, 0.4) is 0 Å². The third-order valence-corrected chi connectivity index (χ3v) is 1.27. The van der Waals surface area contributed by atoms with E-state index >= 15 is 0 Å². The second-order valence-corrected chi connectivity index (χ2v) is 3.03. The van der Waals surface area contributed by atoms with Crippen molar-refractivity contribution < 1.29 is 23.0 Å². The van der Waals surface area contributed by atoms with E-state index in [4.69, 9.17) is 5.11 Å². The molecule has 12 heavy (non-hydrogen) atoms. The molecule has 0 fully saturated rings. The van der Waals surface area contributed by atoms with Crippen molar-refractivity contribution in [1.29, 1.82) is 0 Å². The van der Waals surface area contributed by atoms with Gasteiger partial charge in [0.05, 0.1) is 5.60 Å². The lowest BCUT2D eigenvalue weighted by atomic mass is 10.0. The van der Waals surface area contributed by atoms with Gasteiger partial charge in [-0.15, -0.1) is 0 Å². The van der Waals surface area contributed by atoms with E-state index in [2.05, 4.69) is 4.74 Å². The van der Waals surface area contributed by atoms with Crippen LogP contribution in [0.2, 0.25) is 0 Å². The molecule has 0 aliphatic rings. The Hall–Kier alpha value is -0.290. The number of hydrogen-bond acceptors (Lipinski definition) is 2. The number of aliphatic hydroxyl groups is 1. The lowest BCUT2D eigenvalue weighted by Crippen LogP contribution is -2.48. The molecule has 1 atom stereocenters. The summed E-state index contributed by atoms with van der Waals surface area (Å²) in [5.74, 6) is 0. The van der Waals surface area contributed by atoms with E-state index < -0.39 is 17.9 Å². The molecule has 0 amide bonds. The fourth-order valence-corrected chi connectivity index (χ4v) is 0.866. The highest BCUT2D eigenvalue weighted by Gasteiger charge is 2.49. The summed E-state index contributed by atoms with van der Waals surface area (Å²) in [6, 6.07) is 0. The quantitative estimate of drug-likeness (QED) is 0.727. The highest BCUT2D eigenvalue weighted by Crippen LogP contribution is 2.30. The van der Waals surface area contributed by atoms with Crippen molar-refractivity contribution in [1.82, 2.24) is 0 Å². The van der Waals surface area contributed by atoms with E-state index in [9.17, 15) is 13.2 Å². The summed E-state index contributed by atoms with van der Waals surface area (Å²) < 4.78 is 40.7. The molecule has 74 valence electrons. The van der Waals surface area contributed by atoms with Crippen LogP contribution in [-0.2, 0) is 4.74 Å². The SMILES string of the molecule is CCOC(C(C)(C)O)C(F)(F)F. The Bertz CT molecular complexity index is 123. The maximum Gasteiger partial charge on any atom is 0.417 e. The Morgan fingerprint density at radius 3 is 1.83 bits per heavy atom. The summed E-state index contributed by atoms with van der Waals surface area (Å²) in [6.45, 7) is 3.51. The lowest BCUT2D eigenvalue weighted by molar-refractivity contribution is -0.264. The maximum atomic E-state index is 12.1. The zero-order valence-corrected chi connectivity index (χ0v) is 7.27. The zero-order valence-electron chi connectivity index (χ0n) is 7.27. The van der Waals surface area contributed by atoms with E-state index in [0.717, 1.165) is 13.8 Å². The minimum absolute atomic E-state index is 0.0752. The highest BCUT2D eigenvalue weighted by molar-refractivity contribution is 4.84. The molecular formula is C7H13F3O2. The predicted molar refractivity (Wildman–Crippen MR) is 37.8 cm³/mol. The third kappa shape index (κ3) is 3.40. The summed E-state index contributed by atoms with van der Waals surface area (Å²) >= 11 is 0. The Morgan fingerprint density at radius 1 is 1.33 bits per heavy atom. The first kappa shape index (κ1) is 11.7. The highest BCUT2D eigenvalue weighted by atomic mass is 19.4. The fourth-order valence-electron chi connectivity index (χ4n) is 0.866. The molecule has 0 spiro atoms. The van der Waals surface area contributed by atoms with Crippen LogP contribution in [0, 0.1) is 0 Å². The van der Waals surface area contributed by atoms with Crippen LogP contribution in [0.25, 0.3) is 0 Å². The van der Waals surface area contributed by atoms with Crippen LogP contribution in [0.1, 0.15) is 20.8 Å². The molecule has 5 heteroatoms. The maximum absolute atomic E-state index is 12.1. The number of ether oxygens (including phenoxy) is 1. The summed E-state index contributed by atoms with van der Waals surface area (Å²) in [4.78, 5) is 0. The molecule has 0 aliphatic carbocycles. The molecule has 0 aromatic heterocycles. The Morgan fingerprint density at radius 2 is 1.75 bits per heavy atom. The molecule has 0 heterocycles. The second kappa shape index (κ2) is 3.62. The van der Waals surface area contributed by atoms with Gasteiger partial charge in [0.1, 0.15) is 0 Å². The van der Waals surface area contributed by atoms with E-state index in [0.29, 0.717) is 0 Å². The van der Waals surface area contributed by atoms with E-state index in [1.807, 2.05) is 0 Å². The molecule has 1 N–H and O–H groups in total. The Labute approximate surface area is 69.3 Å². The number of alkyl halides is 3. The molecule has 0 rings (SSSR count). The van der Waals surface area contributed by atoms with Gasteiger partial charge in [-0.3, -0.25) is 0 Å². The molecule has 0 aromatic rings. The first-order valence-electron chi connectivity index (χ1n) is 3.60. The molecular weight excluding hydrogens is 173 g/mol. The molecule has 0 bridgehead atoms. The number of hydrogen-bond donors (Lipinski definition) is 1. The van der Waals surface area contributed by atoms with Crippen molar-refractivity contribution in [3.8, 4) is 0 Å². The number of halogens is 3. The fraction of sp³-hybridized carbons (Fsp3) is 1.00. The van der Waals surface area contributed by atoms with E-state index in [-0.39, 0.29) is 6.61 Å². The standard InChI is InChI=1S/C7H13F3O2/c1-4-12-5(6(2,3)11)7(8,9)10/h5,11H,4H2,1-3H3. The molecule has 2 nitrogen and oxygen atoms in total. The first-order chi connectivity index (χ1) is 5.19. The molecule has 0 saturated heterocycles.